The maximum absolute atomic E-state index is 12.1. The molecule has 35 heavy (non-hydrogen) atoms. The molecule has 0 saturated carbocycles. The van der Waals surface area contributed by atoms with Crippen LogP contribution in [0.1, 0.15) is 45.1 Å². The highest BCUT2D eigenvalue weighted by atomic mass is 16.5. The summed E-state index contributed by atoms with van der Waals surface area (Å²) in [4.78, 5) is 32.2. The van der Waals surface area contributed by atoms with Crippen molar-refractivity contribution in [2.24, 2.45) is 5.92 Å². The van der Waals surface area contributed by atoms with Crippen LogP contribution in [0.25, 0.3) is 0 Å². The number of pyridine rings is 1. The maximum atomic E-state index is 12.1. The molecule has 3 heterocycles. The summed E-state index contributed by atoms with van der Waals surface area (Å²) in [7, 11) is 2.17. The molecule has 8 nitrogen and oxygen atoms in total. The Bertz CT molecular complexity index is 969. The fraction of sp³-hybridized carbons (Fsp3) is 0.519. The lowest BCUT2D eigenvalue weighted by atomic mass is 10.0. The Balaban J connectivity index is 0.000000211. The quantitative estimate of drug-likeness (QED) is 0.633. The van der Waals surface area contributed by atoms with E-state index in [2.05, 4.69) is 29.2 Å². The number of carbonyl (C=O) groups is 2. The number of hydrogen-bond donors (Lipinski definition) is 2. The normalized spacial score (nSPS) is 20.0. The minimum Gasteiger partial charge on any atom is -0.492 e. The van der Waals surface area contributed by atoms with Crippen molar-refractivity contribution in [3.8, 4) is 5.75 Å². The standard InChI is InChI=1S/C15H22N4O2.C12H17NO/c1-3-11-7-12(8-17-13(11)16)18-14(20)15(21)19-6-4-5-10(2)9-19;1-13-9-5-6-11(13)10-14-12-7-3-2-4-8-12/h7-8,10H,3-6,9H2,1-2H3,(H2,16,17)(H,18,20);2-4,7-8,11H,5-6,9-10H2,1H3. The van der Waals surface area contributed by atoms with Gasteiger partial charge in [0, 0.05) is 19.1 Å². The molecule has 0 bridgehead atoms. The molecule has 8 heteroatoms. The largest absolute Gasteiger partial charge is 0.492 e. The van der Waals surface area contributed by atoms with Crippen molar-refractivity contribution >= 4 is 23.3 Å². The van der Waals surface area contributed by atoms with E-state index in [9.17, 15) is 9.59 Å². The Morgan fingerprint density at radius 3 is 2.57 bits per heavy atom. The summed E-state index contributed by atoms with van der Waals surface area (Å²) in [6.07, 6.45) is 6.82. The number of likely N-dealkylation sites (tertiary alicyclic amines) is 2. The number of nitrogens with one attached hydrogen (secondary N) is 1. The first-order valence-electron chi connectivity index (χ1n) is 12.6. The van der Waals surface area contributed by atoms with E-state index in [0.29, 0.717) is 36.6 Å². The molecule has 0 spiro atoms. The second kappa shape index (κ2) is 13.1. The average molecular weight is 482 g/mol. The van der Waals surface area contributed by atoms with E-state index in [1.54, 1.807) is 11.0 Å². The van der Waals surface area contributed by atoms with Crippen LogP contribution < -0.4 is 15.8 Å². The molecule has 2 unspecified atom stereocenters. The van der Waals surface area contributed by atoms with Crippen molar-refractivity contribution in [2.45, 2.75) is 52.0 Å². The molecule has 4 rings (SSSR count). The van der Waals surface area contributed by atoms with Crippen LogP contribution in [0.2, 0.25) is 0 Å². The van der Waals surface area contributed by atoms with Crippen molar-refractivity contribution in [1.82, 2.24) is 14.8 Å². The van der Waals surface area contributed by atoms with Crippen LogP contribution in [-0.2, 0) is 16.0 Å². The lowest BCUT2D eigenvalue weighted by Gasteiger charge is -2.30. The summed E-state index contributed by atoms with van der Waals surface area (Å²) in [6.45, 7) is 7.38. The summed E-state index contributed by atoms with van der Waals surface area (Å²) >= 11 is 0. The molecule has 190 valence electrons. The van der Waals surface area contributed by atoms with Gasteiger partial charge in [0.25, 0.3) is 0 Å². The van der Waals surface area contributed by atoms with E-state index >= 15 is 0 Å². The Morgan fingerprint density at radius 1 is 1.17 bits per heavy atom. The van der Waals surface area contributed by atoms with Gasteiger partial charge in [-0.15, -0.1) is 0 Å². The second-order valence-electron chi connectivity index (χ2n) is 9.48. The van der Waals surface area contributed by atoms with Crippen molar-refractivity contribution < 1.29 is 14.3 Å². The Hall–Kier alpha value is -3.13. The minimum absolute atomic E-state index is 0.445. The highest BCUT2D eigenvalue weighted by molar-refractivity contribution is 6.39. The molecular weight excluding hydrogens is 442 g/mol. The number of likely N-dealkylation sites (N-methyl/N-ethyl adjacent to an activating group) is 1. The van der Waals surface area contributed by atoms with Gasteiger partial charge in [-0.3, -0.25) is 9.59 Å². The molecule has 2 saturated heterocycles. The fourth-order valence-corrected chi connectivity index (χ4v) is 4.47. The van der Waals surface area contributed by atoms with Crippen molar-refractivity contribution in [2.75, 3.05) is 44.3 Å². The van der Waals surface area contributed by atoms with Crippen LogP contribution in [0.4, 0.5) is 11.5 Å². The highest BCUT2D eigenvalue weighted by Gasteiger charge is 2.26. The lowest BCUT2D eigenvalue weighted by Crippen LogP contribution is -2.44. The molecule has 2 amide bonds. The number of piperidine rings is 1. The topological polar surface area (TPSA) is 101 Å². The van der Waals surface area contributed by atoms with Gasteiger partial charge in [-0.2, -0.15) is 0 Å². The van der Waals surface area contributed by atoms with E-state index in [1.165, 1.54) is 25.6 Å². The van der Waals surface area contributed by atoms with Crippen molar-refractivity contribution in [1.29, 1.82) is 0 Å². The van der Waals surface area contributed by atoms with Gasteiger partial charge in [0.15, 0.2) is 0 Å². The molecular formula is C27H39N5O3. The van der Waals surface area contributed by atoms with E-state index in [-0.39, 0.29) is 0 Å². The Kier molecular flexibility index (Phi) is 9.90. The third-order valence-corrected chi connectivity index (χ3v) is 6.64. The summed E-state index contributed by atoms with van der Waals surface area (Å²) in [5, 5.41) is 2.61. The Morgan fingerprint density at radius 2 is 1.91 bits per heavy atom. The lowest BCUT2D eigenvalue weighted by molar-refractivity contribution is -0.144. The zero-order chi connectivity index (χ0) is 25.2. The smallest absolute Gasteiger partial charge is 0.313 e. The number of nitrogen functional groups attached to an aromatic ring is 1. The third-order valence-electron chi connectivity index (χ3n) is 6.64. The first kappa shape index (κ1) is 26.5. The van der Waals surface area contributed by atoms with Gasteiger partial charge >= 0.3 is 11.8 Å². The molecule has 2 aliphatic rings. The number of nitrogens with two attached hydrogens (primary N) is 1. The van der Waals surface area contributed by atoms with Gasteiger partial charge in [0.1, 0.15) is 18.2 Å². The number of aromatic nitrogens is 1. The van der Waals surface area contributed by atoms with Crippen LogP contribution in [0, 0.1) is 5.92 Å². The first-order valence-corrected chi connectivity index (χ1v) is 12.6. The molecule has 2 aromatic rings. The molecule has 0 aliphatic carbocycles. The van der Waals surface area contributed by atoms with Crippen LogP contribution in [0.15, 0.2) is 42.6 Å². The predicted molar refractivity (Wildman–Crippen MR) is 139 cm³/mol. The number of anilines is 2. The van der Waals surface area contributed by atoms with Crippen LogP contribution >= 0.6 is 0 Å². The molecule has 1 aromatic heterocycles. The van der Waals surface area contributed by atoms with Crippen LogP contribution in [0.3, 0.4) is 0 Å². The number of nitrogens with zero attached hydrogens (tertiary/aromatic N) is 3. The molecule has 0 radical (unpaired) electrons. The third kappa shape index (κ3) is 7.96. The van der Waals surface area contributed by atoms with Crippen LogP contribution in [-0.4, -0.2) is 65.9 Å². The summed E-state index contributed by atoms with van der Waals surface area (Å²) in [5.41, 5.74) is 7.08. The number of para-hydroxylation sites is 1. The number of benzene rings is 1. The van der Waals surface area contributed by atoms with Gasteiger partial charge < -0.3 is 25.6 Å². The monoisotopic (exact) mass is 481 g/mol. The van der Waals surface area contributed by atoms with Crippen molar-refractivity contribution in [3.05, 3.63) is 48.2 Å². The summed E-state index contributed by atoms with van der Waals surface area (Å²) in [6, 6.07) is 12.4. The maximum Gasteiger partial charge on any atom is 0.313 e. The number of ether oxygens (including phenoxy) is 1. The molecule has 2 aliphatic heterocycles. The SMILES string of the molecule is CCc1cc(NC(=O)C(=O)N2CCCC(C)C2)cnc1N.CN1CCCC1COc1ccccc1. The van der Waals surface area contributed by atoms with Gasteiger partial charge in [0.2, 0.25) is 0 Å². The summed E-state index contributed by atoms with van der Waals surface area (Å²) in [5.74, 6) is 0.786. The van der Waals surface area contributed by atoms with E-state index in [0.717, 1.165) is 37.2 Å². The molecule has 3 N–H and O–H groups in total. The molecule has 1 aromatic carbocycles. The predicted octanol–water partition coefficient (Wildman–Crippen LogP) is 3.58. The van der Waals surface area contributed by atoms with Gasteiger partial charge in [0.05, 0.1) is 11.9 Å². The summed E-state index contributed by atoms with van der Waals surface area (Å²) < 4.78 is 5.72. The first-order chi connectivity index (χ1) is 16.9. The van der Waals surface area contributed by atoms with E-state index < -0.39 is 11.8 Å². The number of carbonyl (C=O) groups excluding carboxylic acids is 2. The van der Waals surface area contributed by atoms with Gasteiger partial charge in [-0.05, 0) is 75.4 Å². The van der Waals surface area contributed by atoms with E-state index in [1.807, 2.05) is 37.3 Å². The fourth-order valence-electron chi connectivity index (χ4n) is 4.47. The number of rotatable bonds is 5. The van der Waals surface area contributed by atoms with Gasteiger partial charge in [-0.1, -0.05) is 32.0 Å². The minimum atomic E-state index is -0.613. The zero-order valence-corrected chi connectivity index (χ0v) is 21.2. The zero-order valence-electron chi connectivity index (χ0n) is 21.2. The van der Waals surface area contributed by atoms with Gasteiger partial charge in [-0.25, -0.2) is 4.98 Å². The number of amides is 2. The highest BCUT2D eigenvalue weighted by Crippen LogP contribution is 2.18. The molecule has 2 fully saturated rings. The second-order valence-corrected chi connectivity index (χ2v) is 9.48. The average Bonchev–Trinajstić information content (AvgIpc) is 3.29. The Labute approximate surface area is 208 Å². The number of aryl methyl sites for hydroxylation is 1. The van der Waals surface area contributed by atoms with Crippen molar-refractivity contribution in [3.63, 3.8) is 0 Å². The van der Waals surface area contributed by atoms with Crippen LogP contribution in [0.5, 0.6) is 5.75 Å². The number of hydrogen-bond acceptors (Lipinski definition) is 6. The van der Waals surface area contributed by atoms with E-state index in [4.69, 9.17) is 10.5 Å². The molecule has 2 atom stereocenters.